The van der Waals surface area contributed by atoms with Crippen molar-refractivity contribution in [1.82, 2.24) is 14.5 Å². The van der Waals surface area contributed by atoms with E-state index in [0.29, 0.717) is 31.6 Å². The minimum Gasteiger partial charge on any atom is -0.478 e. The van der Waals surface area contributed by atoms with E-state index in [0.717, 1.165) is 33.4 Å². The molecule has 0 saturated heterocycles. The highest BCUT2D eigenvalue weighted by molar-refractivity contribution is 6.30. The Morgan fingerprint density at radius 3 is 2.69 bits per heavy atom. The first-order valence-corrected chi connectivity index (χ1v) is 11.7. The van der Waals surface area contributed by atoms with E-state index in [2.05, 4.69) is 9.55 Å². The van der Waals surface area contributed by atoms with Crippen molar-refractivity contribution in [2.75, 3.05) is 6.54 Å². The van der Waals surface area contributed by atoms with Crippen LogP contribution in [0.2, 0.25) is 5.02 Å². The number of fused-ring (bicyclic) bond motifs is 3. The number of rotatable bonds is 5. The van der Waals surface area contributed by atoms with Crippen molar-refractivity contribution in [1.29, 1.82) is 0 Å². The number of aromatic carboxylic acids is 1. The summed E-state index contributed by atoms with van der Waals surface area (Å²) in [7, 11) is 0. The van der Waals surface area contributed by atoms with E-state index in [1.54, 1.807) is 43.5 Å². The van der Waals surface area contributed by atoms with Crippen molar-refractivity contribution in [3.05, 3.63) is 99.1 Å². The number of pyridine rings is 1. The molecule has 0 unspecified atom stereocenters. The van der Waals surface area contributed by atoms with Gasteiger partial charge in [-0.3, -0.25) is 4.79 Å². The van der Waals surface area contributed by atoms with Gasteiger partial charge >= 0.3 is 5.97 Å². The zero-order valence-corrected chi connectivity index (χ0v) is 19.8. The van der Waals surface area contributed by atoms with E-state index in [1.165, 1.54) is 6.07 Å². The lowest BCUT2D eigenvalue weighted by Crippen LogP contribution is -2.37. The molecule has 0 spiro atoms. The zero-order chi connectivity index (χ0) is 24.7. The lowest BCUT2D eigenvalue weighted by molar-refractivity contribution is -0.131. The van der Waals surface area contributed by atoms with Gasteiger partial charge in [-0.25, -0.2) is 14.2 Å². The van der Waals surface area contributed by atoms with E-state index in [9.17, 15) is 19.1 Å². The molecule has 0 radical (unpaired) electrons. The Balaban J connectivity index is 1.43. The smallest absolute Gasteiger partial charge is 0.335 e. The van der Waals surface area contributed by atoms with Gasteiger partial charge in [0.2, 0.25) is 5.91 Å². The molecular formula is C27H23ClFN3O3. The third kappa shape index (κ3) is 4.39. The third-order valence-corrected chi connectivity index (χ3v) is 6.87. The van der Waals surface area contributed by atoms with Gasteiger partial charge in [-0.15, -0.1) is 0 Å². The van der Waals surface area contributed by atoms with E-state index >= 15 is 0 Å². The van der Waals surface area contributed by atoms with Crippen LogP contribution in [0.25, 0.3) is 11.0 Å². The van der Waals surface area contributed by atoms with Gasteiger partial charge in [0, 0.05) is 30.4 Å². The molecule has 1 aliphatic heterocycles. The maximum absolute atomic E-state index is 14.1. The summed E-state index contributed by atoms with van der Waals surface area (Å²) in [5.74, 6) is -1.48. The van der Waals surface area contributed by atoms with Gasteiger partial charge in [-0.2, -0.15) is 0 Å². The van der Waals surface area contributed by atoms with Gasteiger partial charge in [0.1, 0.15) is 11.5 Å². The Morgan fingerprint density at radius 1 is 1.14 bits per heavy atom. The molecule has 5 rings (SSSR count). The second kappa shape index (κ2) is 9.15. The second-order valence-corrected chi connectivity index (χ2v) is 9.24. The Morgan fingerprint density at radius 2 is 1.94 bits per heavy atom. The Kier molecular flexibility index (Phi) is 6.03. The van der Waals surface area contributed by atoms with Crippen LogP contribution in [0.3, 0.4) is 0 Å². The Labute approximate surface area is 206 Å². The predicted octanol–water partition coefficient (Wildman–Crippen LogP) is 5.01. The highest BCUT2D eigenvalue weighted by Gasteiger charge is 2.27. The number of carboxylic acids is 1. The molecule has 0 aliphatic carbocycles. The van der Waals surface area contributed by atoms with Crippen LogP contribution in [0.5, 0.6) is 0 Å². The highest BCUT2D eigenvalue weighted by atomic mass is 35.5. The molecule has 8 heteroatoms. The number of hydrogen-bond acceptors (Lipinski definition) is 3. The largest absolute Gasteiger partial charge is 0.478 e. The molecule has 0 atom stereocenters. The van der Waals surface area contributed by atoms with E-state index in [-0.39, 0.29) is 22.9 Å². The van der Waals surface area contributed by atoms with Crippen LogP contribution in [0.1, 0.15) is 38.3 Å². The summed E-state index contributed by atoms with van der Waals surface area (Å²) in [5, 5.41) is 10.4. The highest BCUT2D eigenvalue weighted by Crippen LogP contribution is 2.31. The number of halogens is 2. The summed E-state index contributed by atoms with van der Waals surface area (Å²) in [5.41, 5.74) is 5.36. The number of carbonyl (C=O) groups is 2. The van der Waals surface area contributed by atoms with E-state index in [1.807, 2.05) is 17.0 Å². The van der Waals surface area contributed by atoms with Crippen molar-refractivity contribution in [2.24, 2.45) is 0 Å². The van der Waals surface area contributed by atoms with Crippen LogP contribution in [0.15, 0.2) is 54.7 Å². The van der Waals surface area contributed by atoms with Crippen molar-refractivity contribution in [2.45, 2.75) is 32.9 Å². The van der Waals surface area contributed by atoms with E-state index in [4.69, 9.17) is 11.6 Å². The van der Waals surface area contributed by atoms with Crippen LogP contribution in [0.4, 0.5) is 4.39 Å². The monoisotopic (exact) mass is 491 g/mol. The summed E-state index contributed by atoms with van der Waals surface area (Å²) in [6.07, 6.45) is 2.62. The molecule has 1 aliphatic rings. The average Bonchev–Trinajstić information content (AvgIpc) is 3.14. The molecule has 0 bridgehead atoms. The molecular weight excluding hydrogens is 469 g/mol. The van der Waals surface area contributed by atoms with Gasteiger partial charge in [0.25, 0.3) is 0 Å². The number of nitrogens with zero attached hydrogens (tertiary/aromatic N) is 3. The number of benzene rings is 2. The molecule has 6 nitrogen and oxygen atoms in total. The molecule has 4 aromatic rings. The van der Waals surface area contributed by atoms with Gasteiger partial charge in [-0.05, 0) is 65.9 Å². The normalized spacial score (nSPS) is 13.2. The summed E-state index contributed by atoms with van der Waals surface area (Å²) >= 11 is 5.86. The second-order valence-electron chi connectivity index (χ2n) is 8.83. The van der Waals surface area contributed by atoms with Crippen molar-refractivity contribution >= 4 is 34.5 Å². The van der Waals surface area contributed by atoms with Gasteiger partial charge in [0.15, 0.2) is 0 Å². The summed E-state index contributed by atoms with van der Waals surface area (Å²) in [4.78, 5) is 30.9. The Bertz CT molecular complexity index is 1480. The number of amides is 1. The fourth-order valence-electron chi connectivity index (χ4n) is 4.83. The summed E-state index contributed by atoms with van der Waals surface area (Å²) in [6.45, 7) is 3.15. The number of hydrogen-bond donors (Lipinski definition) is 1. The minimum absolute atomic E-state index is 0.0274. The fraction of sp³-hybridized carbons (Fsp3) is 0.222. The zero-order valence-electron chi connectivity index (χ0n) is 19.1. The number of aromatic nitrogens is 2. The van der Waals surface area contributed by atoms with Gasteiger partial charge in [0.05, 0.1) is 23.6 Å². The fourth-order valence-corrected chi connectivity index (χ4v) is 4.94. The molecule has 0 saturated carbocycles. The lowest BCUT2D eigenvalue weighted by Gasteiger charge is -2.29. The van der Waals surface area contributed by atoms with Gasteiger partial charge in [-0.1, -0.05) is 29.8 Å². The number of carbonyl (C=O) groups excluding carboxylic acids is 1. The standard InChI is InChI=1S/C27H23ClFN3O3/c1-16-11-17(4-6-19(16)27(34)35)13-25(33)31-10-8-20-21-3-2-9-30-26(21)32(24(20)15-31)14-18-5-7-22(28)23(29)12-18/h2-7,9,11-12H,8,10,13-15H2,1H3,(H,34,35). The van der Waals surface area contributed by atoms with Crippen LogP contribution in [-0.4, -0.2) is 38.0 Å². The average molecular weight is 492 g/mol. The predicted molar refractivity (Wildman–Crippen MR) is 131 cm³/mol. The van der Waals surface area contributed by atoms with Gasteiger partial charge < -0.3 is 14.6 Å². The van der Waals surface area contributed by atoms with Crippen molar-refractivity contribution < 1.29 is 19.1 Å². The number of carboxylic acid groups (broad SMARTS) is 1. The van der Waals surface area contributed by atoms with Crippen LogP contribution >= 0.6 is 11.6 Å². The SMILES string of the molecule is Cc1cc(CC(=O)N2CCc3c(n(Cc4ccc(Cl)c(F)c4)c4ncccc34)C2)ccc1C(=O)O. The van der Waals surface area contributed by atoms with Crippen molar-refractivity contribution in [3.63, 3.8) is 0 Å². The van der Waals surface area contributed by atoms with Crippen LogP contribution in [-0.2, 0) is 30.7 Å². The molecule has 0 fully saturated rings. The first kappa shape index (κ1) is 23.1. The maximum atomic E-state index is 14.1. The third-order valence-electron chi connectivity index (χ3n) is 6.57. The molecule has 2 aromatic carbocycles. The van der Waals surface area contributed by atoms with Crippen molar-refractivity contribution in [3.8, 4) is 0 Å². The van der Waals surface area contributed by atoms with Crippen LogP contribution < -0.4 is 0 Å². The first-order valence-electron chi connectivity index (χ1n) is 11.3. The molecule has 1 N–H and O–H groups in total. The molecule has 35 heavy (non-hydrogen) atoms. The topological polar surface area (TPSA) is 75.4 Å². The van der Waals surface area contributed by atoms with Crippen LogP contribution in [0, 0.1) is 12.7 Å². The molecule has 3 heterocycles. The Hall–Kier alpha value is -3.71. The summed E-state index contributed by atoms with van der Waals surface area (Å²) < 4.78 is 16.1. The quantitative estimate of drug-likeness (QED) is 0.426. The maximum Gasteiger partial charge on any atom is 0.335 e. The molecule has 2 aromatic heterocycles. The summed E-state index contributed by atoms with van der Waals surface area (Å²) in [6, 6.07) is 13.7. The van der Waals surface area contributed by atoms with E-state index < -0.39 is 11.8 Å². The first-order chi connectivity index (χ1) is 16.8. The number of aryl methyl sites for hydroxylation is 1. The lowest BCUT2D eigenvalue weighted by atomic mass is 10.0. The molecule has 1 amide bonds. The minimum atomic E-state index is -0.981. The molecule has 178 valence electrons.